The van der Waals surface area contributed by atoms with Crippen LogP contribution < -0.4 is 5.32 Å². The molecule has 1 aromatic carbocycles. The van der Waals surface area contributed by atoms with Crippen LogP contribution in [0.5, 0.6) is 0 Å². The first-order valence-electron chi connectivity index (χ1n) is 6.28. The summed E-state index contributed by atoms with van der Waals surface area (Å²) in [6.45, 7) is -0.0622. The number of aromatic nitrogens is 1. The number of carbonyl (C=O) groups is 1. The largest absolute Gasteiger partial charge is 0.468 e. The maximum Gasteiger partial charge on any atom is 0.323 e. The summed E-state index contributed by atoms with van der Waals surface area (Å²) >= 11 is 0. The quantitative estimate of drug-likeness (QED) is 0.701. The third-order valence-electron chi connectivity index (χ3n) is 3.67. The van der Waals surface area contributed by atoms with Crippen LogP contribution in [0.2, 0.25) is 0 Å². The first-order chi connectivity index (χ1) is 9.24. The zero-order chi connectivity index (χ0) is 13.4. The first-order valence-corrected chi connectivity index (χ1v) is 6.28. The maximum atomic E-state index is 11.7. The molecule has 0 radical (unpaired) electrons. The Morgan fingerprint density at radius 2 is 2.26 bits per heavy atom. The highest BCUT2D eigenvalue weighted by Gasteiger charge is 2.33. The molecule has 0 aliphatic carbocycles. The minimum Gasteiger partial charge on any atom is -0.468 e. The number of methoxy groups -OCH3 is 1. The molecule has 2 aromatic rings. The van der Waals surface area contributed by atoms with Crippen LogP contribution >= 0.6 is 0 Å². The summed E-state index contributed by atoms with van der Waals surface area (Å²) in [6.07, 6.45) is 0.572. The Morgan fingerprint density at radius 3 is 3.00 bits per heavy atom. The Labute approximate surface area is 110 Å². The summed E-state index contributed by atoms with van der Waals surface area (Å²) in [5, 5.41) is 13.7. The predicted octanol–water partition coefficient (Wildman–Crippen LogP) is 0.889. The fourth-order valence-electron chi connectivity index (χ4n) is 2.77. The van der Waals surface area contributed by atoms with Crippen LogP contribution in [0.1, 0.15) is 17.3 Å². The van der Waals surface area contributed by atoms with E-state index in [-0.39, 0.29) is 18.6 Å². The molecule has 19 heavy (non-hydrogen) atoms. The summed E-state index contributed by atoms with van der Waals surface area (Å²) < 4.78 is 4.79. The molecule has 0 saturated heterocycles. The third kappa shape index (κ3) is 1.91. The van der Waals surface area contributed by atoms with Crippen LogP contribution in [0.3, 0.4) is 0 Å². The number of aliphatic hydroxyl groups is 1. The molecule has 0 spiro atoms. The van der Waals surface area contributed by atoms with Gasteiger partial charge in [0.15, 0.2) is 0 Å². The lowest BCUT2D eigenvalue weighted by atomic mass is 9.94. The summed E-state index contributed by atoms with van der Waals surface area (Å²) in [5.74, 6) is -0.297. The zero-order valence-electron chi connectivity index (χ0n) is 10.6. The number of esters is 1. The predicted molar refractivity (Wildman–Crippen MR) is 70.8 cm³/mol. The molecule has 0 saturated carbocycles. The van der Waals surface area contributed by atoms with E-state index in [1.807, 2.05) is 24.3 Å². The number of hydrogen-bond donors (Lipinski definition) is 3. The Balaban J connectivity index is 2.09. The molecule has 2 atom stereocenters. The molecular formula is C14H16N2O3. The van der Waals surface area contributed by atoms with Gasteiger partial charge < -0.3 is 14.8 Å². The second-order valence-corrected chi connectivity index (χ2v) is 4.74. The topological polar surface area (TPSA) is 74.4 Å². The first kappa shape index (κ1) is 12.2. The molecule has 3 N–H and O–H groups in total. The lowest BCUT2D eigenvalue weighted by molar-refractivity contribution is -0.143. The van der Waals surface area contributed by atoms with Gasteiger partial charge in [-0.2, -0.15) is 0 Å². The van der Waals surface area contributed by atoms with Gasteiger partial charge in [-0.05, 0) is 11.6 Å². The molecule has 5 nitrogen and oxygen atoms in total. The second-order valence-electron chi connectivity index (χ2n) is 4.74. The highest BCUT2D eigenvalue weighted by Crippen LogP contribution is 2.31. The third-order valence-corrected chi connectivity index (χ3v) is 3.67. The molecule has 1 aliphatic rings. The smallest absolute Gasteiger partial charge is 0.323 e. The average molecular weight is 260 g/mol. The molecule has 3 rings (SSSR count). The number of fused-ring (bicyclic) bond motifs is 3. The number of rotatable bonds is 2. The van der Waals surface area contributed by atoms with E-state index in [0.29, 0.717) is 6.42 Å². The molecule has 5 heteroatoms. The van der Waals surface area contributed by atoms with E-state index >= 15 is 0 Å². The fourth-order valence-corrected chi connectivity index (χ4v) is 2.77. The number of hydrogen-bond acceptors (Lipinski definition) is 4. The number of para-hydroxylation sites is 1. The van der Waals surface area contributed by atoms with E-state index in [4.69, 9.17) is 4.74 Å². The summed E-state index contributed by atoms with van der Waals surface area (Å²) in [6, 6.07) is 7.28. The normalized spacial score (nSPS) is 22.2. The number of benzene rings is 1. The van der Waals surface area contributed by atoms with Crippen LogP contribution in [0, 0.1) is 0 Å². The molecule has 2 heterocycles. The van der Waals surface area contributed by atoms with E-state index in [0.717, 1.165) is 22.2 Å². The Bertz CT molecular complexity index is 620. The van der Waals surface area contributed by atoms with E-state index in [1.165, 1.54) is 7.11 Å². The van der Waals surface area contributed by atoms with Gasteiger partial charge in [-0.15, -0.1) is 0 Å². The van der Waals surface area contributed by atoms with Crippen molar-refractivity contribution in [2.24, 2.45) is 0 Å². The SMILES string of the molecule is COC(=O)[C@H]1Cc2c([nH]c3ccccc23)[C@@H](CO)N1. The Morgan fingerprint density at radius 1 is 1.47 bits per heavy atom. The van der Waals surface area contributed by atoms with E-state index in [1.54, 1.807) is 0 Å². The van der Waals surface area contributed by atoms with Gasteiger partial charge in [0.2, 0.25) is 0 Å². The van der Waals surface area contributed by atoms with Crippen LogP contribution in [-0.2, 0) is 16.0 Å². The molecule has 0 bridgehead atoms. The fraction of sp³-hybridized carbons (Fsp3) is 0.357. The highest BCUT2D eigenvalue weighted by atomic mass is 16.5. The molecule has 0 unspecified atom stereocenters. The van der Waals surface area contributed by atoms with Crippen LogP contribution in [-0.4, -0.2) is 35.8 Å². The molecule has 1 aliphatic heterocycles. The van der Waals surface area contributed by atoms with Gasteiger partial charge in [0.1, 0.15) is 6.04 Å². The molecule has 0 amide bonds. The molecule has 100 valence electrons. The number of carbonyl (C=O) groups excluding carboxylic acids is 1. The number of H-pyrrole nitrogens is 1. The van der Waals surface area contributed by atoms with E-state index < -0.39 is 6.04 Å². The highest BCUT2D eigenvalue weighted by molar-refractivity contribution is 5.87. The second kappa shape index (κ2) is 4.68. The van der Waals surface area contributed by atoms with Crippen molar-refractivity contribution in [3.05, 3.63) is 35.5 Å². The van der Waals surface area contributed by atoms with Crippen molar-refractivity contribution >= 4 is 16.9 Å². The van der Waals surface area contributed by atoms with Gasteiger partial charge in [0, 0.05) is 23.0 Å². The van der Waals surface area contributed by atoms with Gasteiger partial charge >= 0.3 is 5.97 Å². The van der Waals surface area contributed by atoms with Crippen LogP contribution in [0.25, 0.3) is 10.9 Å². The van der Waals surface area contributed by atoms with Crippen LogP contribution in [0.15, 0.2) is 24.3 Å². The van der Waals surface area contributed by atoms with Gasteiger partial charge in [-0.1, -0.05) is 18.2 Å². The van der Waals surface area contributed by atoms with Crippen LogP contribution in [0.4, 0.5) is 0 Å². The van der Waals surface area contributed by atoms with E-state index in [9.17, 15) is 9.90 Å². The van der Waals surface area contributed by atoms with Crippen molar-refractivity contribution in [1.82, 2.24) is 10.3 Å². The van der Waals surface area contributed by atoms with Crippen molar-refractivity contribution in [3.8, 4) is 0 Å². The van der Waals surface area contributed by atoms with Crippen molar-refractivity contribution in [2.75, 3.05) is 13.7 Å². The zero-order valence-corrected chi connectivity index (χ0v) is 10.6. The summed E-state index contributed by atoms with van der Waals surface area (Å²) in [5.41, 5.74) is 3.07. The minimum atomic E-state index is -0.408. The average Bonchev–Trinajstić information content (AvgIpc) is 2.84. The standard InChI is InChI=1S/C14H16N2O3/c1-19-14(18)11-6-9-8-4-2-3-5-10(8)16-13(9)12(7-17)15-11/h2-5,11-12,15-17H,6-7H2,1H3/t11-,12-/m1/s1. The molecular weight excluding hydrogens is 244 g/mol. The number of aliphatic hydroxyl groups excluding tert-OH is 1. The summed E-state index contributed by atoms with van der Waals surface area (Å²) in [4.78, 5) is 15.0. The van der Waals surface area contributed by atoms with Gasteiger partial charge in [0.05, 0.1) is 19.8 Å². The lowest BCUT2D eigenvalue weighted by Gasteiger charge is -2.28. The molecule has 0 fully saturated rings. The Kier molecular flexibility index (Phi) is 3.00. The van der Waals surface area contributed by atoms with E-state index in [2.05, 4.69) is 10.3 Å². The Hall–Kier alpha value is -1.85. The van der Waals surface area contributed by atoms with Gasteiger partial charge in [-0.25, -0.2) is 0 Å². The summed E-state index contributed by atoms with van der Waals surface area (Å²) in [7, 11) is 1.38. The van der Waals surface area contributed by atoms with Gasteiger partial charge in [0.25, 0.3) is 0 Å². The molecule has 1 aromatic heterocycles. The van der Waals surface area contributed by atoms with Gasteiger partial charge in [-0.3, -0.25) is 10.1 Å². The van der Waals surface area contributed by atoms with Crippen molar-refractivity contribution < 1.29 is 14.6 Å². The van der Waals surface area contributed by atoms with Crippen molar-refractivity contribution in [1.29, 1.82) is 0 Å². The van der Waals surface area contributed by atoms with Crippen molar-refractivity contribution in [3.63, 3.8) is 0 Å². The monoisotopic (exact) mass is 260 g/mol. The lowest BCUT2D eigenvalue weighted by Crippen LogP contribution is -2.46. The number of nitrogens with one attached hydrogen (secondary N) is 2. The minimum absolute atomic E-state index is 0.0622. The number of aromatic amines is 1. The van der Waals surface area contributed by atoms with Crippen molar-refractivity contribution in [2.45, 2.75) is 18.5 Å². The number of ether oxygens (including phenoxy) is 1. The maximum absolute atomic E-state index is 11.7.